The van der Waals surface area contributed by atoms with Gasteiger partial charge in [-0.3, -0.25) is 19.8 Å². The van der Waals surface area contributed by atoms with Crippen LogP contribution in [0.2, 0.25) is 0 Å². The lowest BCUT2D eigenvalue weighted by atomic mass is 9.91. The highest BCUT2D eigenvalue weighted by atomic mass is 32.2. The number of carboxylic acid groups (broad SMARTS) is 1. The number of rotatable bonds is 13. The molecule has 13 nitrogen and oxygen atoms in total. The summed E-state index contributed by atoms with van der Waals surface area (Å²) in [5.41, 5.74) is 5.81. The summed E-state index contributed by atoms with van der Waals surface area (Å²) in [5.74, 6) is -2.17. The zero-order chi connectivity index (χ0) is 31.6. The molecular formula is C29H42N6O7S. The van der Waals surface area contributed by atoms with Gasteiger partial charge >= 0.3 is 0 Å². The smallest absolute Gasteiger partial charge is 0.300 e. The normalized spacial score (nSPS) is 18.0. The molecule has 0 radical (unpaired) electrons. The average molecular weight is 619 g/mol. The van der Waals surface area contributed by atoms with Crippen molar-refractivity contribution in [3.05, 3.63) is 42.5 Å². The van der Waals surface area contributed by atoms with Crippen molar-refractivity contribution in [2.24, 2.45) is 11.7 Å². The molecule has 1 saturated carbocycles. The number of benzene rings is 2. The molecule has 0 spiro atoms. The van der Waals surface area contributed by atoms with E-state index in [-0.39, 0.29) is 35.8 Å². The van der Waals surface area contributed by atoms with E-state index in [0.717, 1.165) is 49.9 Å². The number of carboxylic acids is 1. The summed E-state index contributed by atoms with van der Waals surface area (Å²) in [6.45, 7) is 2.69. The largest absolute Gasteiger partial charge is 0.481 e. The van der Waals surface area contributed by atoms with Crippen molar-refractivity contribution in [2.75, 3.05) is 26.2 Å². The Labute approximate surface area is 251 Å². The van der Waals surface area contributed by atoms with Gasteiger partial charge in [-0.2, -0.15) is 4.72 Å². The minimum atomic E-state index is -4.17. The molecule has 4 rings (SSSR count). The van der Waals surface area contributed by atoms with Crippen molar-refractivity contribution < 1.29 is 33.0 Å². The fraction of sp³-hybridized carbons (Fsp3) is 0.517. The van der Waals surface area contributed by atoms with Gasteiger partial charge in [0.15, 0.2) is 0 Å². The number of aliphatic hydroxyl groups excluding tert-OH is 1. The second kappa shape index (κ2) is 15.8. The number of nitrogens with two attached hydrogens (primary N) is 1. The molecule has 0 bridgehead atoms. The Morgan fingerprint density at radius 3 is 2.40 bits per heavy atom. The number of amides is 2. The van der Waals surface area contributed by atoms with Gasteiger partial charge in [-0.15, -0.1) is 0 Å². The molecule has 2 aromatic rings. The molecule has 1 aliphatic heterocycles. The minimum absolute atomic E-state index is 0.0115. The van der Waals surface area contributed by atoms with Crippen molar-refractivity contribution in [3.8, 4) is 0 Å². The summed E-state index contributed by atoms with van der Waals surface area (Å²) < 4.78 is 29.4. The number of hydrogen-bond donors (Lipinski definition) is 7. The molecule has 2 aliphatic rings. The third kappa shape index (κ3) is 10.3. The summed E-state index contributed by atoms with van der Waals surface area (Å²) in [6.07, 6.45) is 3.14. The Kier molecular flexibility index (Phi) is 12.4. The quantitative estimate of drug-likeness (QED) is 0.124. The lowest BCUT2D eigenvalue weighted by Crippen LogP contribution is -2.55. The second-order valence-corrected chi connectivity index (χ2v) is 12.6. The highest BCUT2D eigenvalue weighted by Gasteiger charge is 2.38. The third-order valence-corrected chi connectivity index (χ3v) is 8.77. The van der Waals surface area contributed by atoms with Crippen LogP contribution in [-0.4, -0.2) is 91.5 Å². The molecule has 2 aromatic carbocycles. The van der Waals surface area contributed by atoms with Gasteiger partial charge in [0.25, 0.3) is 5.97 Å². The number of hydrogen-bond acceptors (Lipinski definition) is 8. The second-order valence-electron chi connectivity index (χ2n) is 10.9. The Morgan fingerprint density at radius 2 is 1.81 bits per heavy atom. The van der Waals surface area contributed by atoms with E-state index >= 15 is 0 Å². The van der Waals surface area contributed by atoms with Crippen LogP contribution in [0.5, 0.6) is 0 Å². The molecule has 0 aromatic heterocycles. The van der Waals surface area contributed by atoms with E-state index in [0.29, 0.717) is 13.0 Å². The number of aliphatic carboxylic acids is 1. The molecule has 1 unspecified atom stereocenters. The van der Waals surface area contributed by atoms with Crippen LogP contribution in [0.1, 0.15) is 45.4 Å². The molecule has 1 heterocycles. The summed E-state index contributed by atoms with van der Waals surface area (Å²) >= 11 is 0. The molecular weight excluding hydrogens is 576 g/mol. The number of piperidine rings is 1. The topological polar surface area (TPSA) is 215 Å². The van der Waals surface area contributed by atoms with E-state index in [1.165, 1.54) is 12.1 Å². The molecule has 14 heteroatoms. The predicted octanol–water partition coefficient (Wildman–Crippen LogP) is 0.761. The SMILES string of the molecule is CC(=O)O.N=C(N)[C@@H](NC(=O)C[C@H](NS(=O)(=O)c1ccc2ccccc2c1)C(=O)N(CCCO)C1CC1)C1CCCNC1. The first-order valence-corrected chi connectivity index (χ1v) is 15.9. The van der Waals surface area contributed by atoms with Gasteiger partial charge in [0.1, 0.15) is 11.9 Å². The van der Waals surface area contributed by atoms with Crippen LogP contribution in [0.25, 0.3) is 10.8 Å². The molecule has 43 heavy (non-hydrogen) atoms. The molecule has 1 saturated heterocycles. The van der Waals surface area contributed by atoms with Gasteiger partial charge in [0.2, 0.25) is 21.8 Å². The Balaban J connectivity index is 0.00000119. The number of aliphatic hydroxyl groups is 1. The summed E-state index contributed by atoms with van der Waals surface area (Å²) in [5, 5.41) is 32.4. The van der Waals surface area contributed by atoms with Gasteiger partial charge in [-0.05, 0) is 67.5 Å². The van der Waals surface area contributed by atoms with Crippen LogP contribution < -0.4 is 21.1 Å². The van der Waals surface area contributed by atoms with E-state index < -0.39 is 46.3 Å². The molecule has 236 valence electrons. The number of nitrogens with one attached hydrogen (secondary N) is 4. The van der Waals surface area contributed by atoms with E-state index in [4.69, 9.17) is 21.0 Å². The van der Waals surface area contributed by atoms with Crippen molar-refractivity contribution in [1.82, 2.24) is 20.3 Å². The Morgan fingerprint density at radius 1 is 1.14 bits per heavy atom. The fourth-order valence-corrected chi connectivity index (χ4v) is 6.32. The van der Waals surface area contributed by atoms with Crippen molar-refractivity contribution in [3.63, 3.8) is 0 Å². The maximum Gasteiger partial charge on any atom is 0.300 e. The maximum atomic E-state index is 13.7. The van der Waals surface area contributed by atoms with Gasteiger partial charge in [-0.25, -0.2) is 8.42 Å². The van der Waals surface area contributed by atoms with E-state index in [1.54, 1.807) is 17.0 Å². The molecule has 2 fully saturated rings. The lowest BCUT2D eigenvalue weighted by Gasteiger charge is -2.31. The minimum Gasteiger partial charge on any atom is -0.481 e. The third-order valence-electron chi connectivity index (χ3n) is 7.30. The van der Waals surface area contributed by atoms with Crippen molar-refractivity contribution in [2.45, 2.75) is 68.5 Å². The van der Waals surface area contributed by atoms with Gasteiger partial charge in [-0.1, -0.05) is 30.3 Å². The van der Waals surface area contributed by atoms with Crippen LogP contribution in [0.15, 0.2) is 47.4 Å². The van der Waals surface area contributed by atoms with Crippen molar-refractivity contribution >= 4 is 44.4 Å². The van der Waals surface area contributed by atoms with Crippen LogP contribution in [0.3, 0.4) is 0 Å². The molecule has 1 aliphatic carbocycles. The fourth-order valence-electron chi connectivity index (χ4n) is 5.10. The number of amidine groups is 1. The lowest BCUT2D eigenvalue weighted by molar-refractivity contribution is -0.136. The van der Waals surface area contributed by atoms with E-state index in [1.807, 2.05) is 18.2 Å². The molecule has 3 atom stereocenters. The van der Waals surface area contributed by atoms with E-state index in [2.05, 4.69) is 15.4 Å². The first kappa shape index (κ1) is 33.9. The van der Waals surface area contributed by atoms with Crippen molar-refractivity contribution in [1.29, 1.82) is 5.41 Å². The number of carbonyl (C=O) groups excluding carboxylic acids is 2. The number of carbonyl (C=O) groups is 3. The monoisotopic (exact) mass is 618 g/mol. The highest BCUT2D eigenvalue weighted by molar-refractivity contribution is 7.89. The zero-order valence-electron chi connectivity index (χ0n) is 24.3. The van der Waals surface area contributed by atoms with Gasteiger partial charge in [0.05, 0.1) is 17.4 Å². The Bertz CT molecular complexity index is 1390. The molecule has 8 N–H and O–H groups in total. The van der Waals surface area contributed by atoms with E-state index in [9.17, 15) is 23.1 Å². The first-order chi connectivity index (χ1) is 20.4. The van der Waals surface area contributed by atoms with Crippen LogP contribution in [0.4, 0.5) is 0 Å². The highest BCUT2D eigenvalue weighted by Crippen LogP contribution is 2.28. The first-order valence-electron chi connectivity index (χ1n) is 14.4. The average Bonchev–Trinajstić information content (AvgIpc) is 3.81. The van der Waals surface area contributed by atoms with Crippen LogP contribution >= 0.6 is 0 Å². The maximum absolute atomic E-state index is 13.7. The number of nitrogens with zero attached hydrogens (tertiary/aromatic N) is 1. The predicted molar refractivity (Wildman–Crippen MR) is 162 cm³/mol. The van der Waals surface area contributed by atoms with Gasteiger partial charge < -0.3 is 31.5 Å². The summed E-state index contributed by atoms with van der Waals surface area (Å²) in [4.78, 5) is 37.4. The zero-order valence-corrected chi connectivity index (χ0v) is 25.1. The summed E-state index contributed by atoms with van der Waals surface area (Å²) in [7, 11) is -4.17. The van der Waals surface area contributed by atoms with Gasteiger partial charge in [0, 0.05) is 32.7 Å². The molecule has 2 amide bonds. The standard InChI is InChI=1S/C27H38N6O5S.C2H4O2/c28-26(29)25(20-7-3-12-30-17-20)31-24(35)16-23(27(36)33(13-4-14-34)21-9-10-21)32-39(37,38)22-11-8-18-5-1-2-6-19(18)15-22;1-2(3)4/h1-2,5-6,8,11,15,20-21,23,25,30,32,34H,3-4,7,9-10,12-14,16-17H2,(H3,28,29)(H,31,35);1H3,(H,3,4)/t20?,23-,25-;/m0./s1. The Hall–Kier alpha value is -3.59. The van der Waals surface area contributed by atoms with Crippen LogP contribution in [-0.2, 0) is 24.4 Å². The number of fused-ring (bicyclic) bond motifs is 1. The summed E-state index contributed by atoms with van der Waals surface area (Å²) in [6, 6.07) is 9.92. The number of sulfonamides is 1. The van der Waals surface area contributed by atoms with Crippen LogP contribution in [0, 0.1) is 11.3 Å².